The minimum Gasteiger partial charge on any atom is -0.452 e. The van der Waals surface area contributed by atoms with E-state index < -0.39 is 42.8 Å². The third-order valence-electron chi connectivity index (χ3n) is 4.87. The molecule has 0 atom stereocenters. The molecule has 0 bridgehead atoms. The van der Waals surface area contributed by atoms with Crippen LogP contribution in [0.1, 0.15) is 61.2 Å². The second-order valence-corrected chi connectivity index (χ2v) is 7.23. The summed E-state index contributed by atoms with van der Waals surface area (Å²) in [7, 11) is 0. The molecular formula is C23H20F2N2O7. The number of unbranched alkanes of at least 4 members (excludes halogenated alkanes) is 1. The Balaban J connectivity index is 1.55. The number of esters is 1. The Morgan fingerprint density at radius 2 is 1.62 bits per heavy atom. The van der Waals surface area contributed by atoms with Gasteiger partial charge in [-0.1, -0.05) is 13.3 Å². The Bertz CT molecular complexity index is 1130. The van der Waals surface area contributed by atoms with Crippen LogP contribution in [0, 0.1) is 0 Å². The van der Waals surface area contributed by atoms with Crippen LogP contribution < -0.4 is 10.1 Å². The average molecular weight is 474 g/mol. The van der Waals surface area contributed by atoms with E-state index in [0.717, 1.165) is 23.5 Å². The van der Waals surface area contributed by atoms with Gasteiger partial charge in [0.05, 0.1) is 16.7 Å². The molecule has 4 amide bonds. The van der Waals surface area contributed by atoms with Crippen LogP contribution in [0.15, 0.2) is 42.5 Å². The number of fused-ring (bicyclic) bond motifs is 1. The van der Waals surface area contributed by atoms with Crippen molar-refractivity contribution in [2.24, 2.45) is 0 Å². The number of hydrogen-bond donors (Lipinski definition) is 1. The molecule has 1 aliphatic rings. The van der Waals surface area contributed by atoms with Crippen molar-refractivity contribution in [3.05, 3.63) is 64.7 Å². The molecule has 34 heavy (non-hydrogen) atoms. The zero-order valence-electron chi connectivity index (χ0n) is 18.0. The number of rotatable bonds is 9. The zero-order chi connectivity index (χ0) is 24.8. The fourth-order valence-corrected chi connectivity index (χ4v) is 3.17. The lowest BCUT2D eigenvalue weighted by Gasteiger charge is -2.12. The second kappa shape index (κ2) is 10.6. The second-order valence-electron chi connectivity index (χ2n) is 7.23. The first-order valence-corrected chi connectivity index (χ1v) is 10.3. The lowest BCUT2D eigenvalue weighted by molar-refractivity contribution is -0.123. The Labute approximate surface area is 192 Å². The molecule has 0 radical (unpaired) electrons. The summed E-state index contributed by atoms with van der Waals surface area (Å²) in [6.07, 6.45) is 1.45. The van der Waals surface area contributed by atoms with Gasteiger partial charge in [-0.25, -0.2) is 4.79 Å². The monoisotopic (exact) mass is 474 g/mol. The van der Waals surface area contributed by atoms with Gasteiger partial charge in [-0.3, -0.25) is 29.4 Å². The van der Waals surface area contributed by atoms with Crippen molar-refractivity contribution in [3.8, 4) is 5.75 Å². The molecular weight excluding hydrogens is 454 g/mol. The maximum atomic E-state index is 12.5. The lowest BCUT2D eigenvalue weighted by Crippen LogP contribution is -2.34. The SMILES string of the molecule is CCCCN1C(=O)c2ccc(C(=O)OCC(=O)NC(=O)c3ccc(OC(F)F)cc3)cc2C1=O. The smallest absolute Gasteiger partial charge is 0.387 e. The molecule has 0 saturated heterocycles. The first-order valence-electron chi connectivity index (χ1n) is 10.3. The van der Waals surface area contributed by atoms with Crippen molar-refractivity contribution in [1.82, 2.24) is 10.2 Å². The number of alkyl halides is 2. The fraction of sp³-hybridized carbons (Fsp3) is 0.261. The minimum absolute atomic E-state index is 0.00396. The van der Waals surface area contributed by atoms with E-state index in [1.54, 1.807) is 0 Å². The first-order chi connectivity index (χ1) is 16.2. The predicted octanol–water partition coefficient (Wildman–Crippen LogP) is 2.80. The van der Waals surface area contributed by atoms with Crippen LogP contribution in [0.3, 0.4) is 0 Å². The summed E-state index contributed by atoms with van der Waals surface area (Å²) in [4.78, 5) is 62.3. The number of carbonyl (C=O) groups is 5. The van der Waals surface area contributed by atoms with Crippen LogP contribution in [0.25, 0.3) is 0 Å². The van der Waals surface area contributed by atoms with E-state index in [1.165, 1.54) is 30.3 Å². The molecule has 0 aromatic heterocycles. The van der Waals surface area contributed by atoms with Crippen molar-refractivity contribution < 1.29 is 42.2 Å². The Morgan fingerprint density at radius 1 is 0.971 bits per heavy atom. The van der Waals surface area contributed by atoms with Crippen molar-refractivity contribution in [2.75, 3.05) is 13.2 Å². The topological polar surface area (TPSA) is 119 Å². The molecule has 0 spiro atoms. The highest BCUT2D eigenvalue weighted by molar-refractivity contribution is 6.22. The van der Waals surface area contributed by atoms with Crippen molar-refractivity contribution >= 4 is 29.6 Å². The maximum Gasteiger partial charge on any atom is 0.387 e. The number of carbonyl (C=O) groups excluding carboxylic acids is 5. The fourth-order valence-electron chi connectivity index (χ4n) is 3.17. The summed E-state index contributed by atoms with van der Waals surface area (Å²) in [5.74, 6) is -3.78. The highest BCUT2D eigenvalue weighted by Crippen LogP contribution is 2.24. The minimum atomic E-state index is -3.01. The number of benzene rings is 2. The van der Waals surface area contributed by atoms with E-state index in [-0.39, 0.29) is 34.5 Å². The van der Waals surface area contributed by atoms with Gasteiger partial charge in [0, 0.05) is 12.1 Å². The molecule has 0 unspecified atom stereocenters. The van der Waals surface area contributed by atoms with E-state index in [2.05, 4.69) is 4.74 Å². The van der Waals surface area contributed by atoms with Gasteiger partial charge in [-0.2, -0.15) is 8.78 Å². The summed E-state index contributed by atoms with van der Waals surface area (Å²) < 4.78 is 33.4. The lowest BCUT2D eigenvalue weighted by atomic mass is 10.1. The van der Waals surface area contributed by atoms with E-state index in [9.17, 15) is 32.8 Å². The number of ether oxygens (including phenoxy) is 2. The van der Waals surface area contributed by atoms with Gasteiger partial charge in [0.15, 0.2) is 6.61 Å². The molecule has 2 aromatic carbocycles. The number of nitrogens with zero attached hydrogens (tertiary/aromatic N) is 1. The highest BCUT2D eigenvalue weighted by atomic mass is 19.3. The van der Waals surface area contributed by atoms with Crippen LogP contribution in [-0.2, 0) is 9.53 Å². The van der Waals surface area contributed by atoms with Crippen LogP contribution in [0.5, 0.6) is 5.75 Å². The largest absolute Gasteiger partial charge is 0.452 e. The summed E-state index contributed by atoms with van der Waals surface area (Å²) in [6.45, 7) is -1.60. The number of imide groups is 2. The van der Waals surface area contributed by atoms with Crippen LogP contribution in [0.4, 0.5) is 8.78 Å². The zero-order valence-corrected chi connectivity index (χ0v) is 18.0. The summed E-state index contributed by atoms with van der Waals surface area (Å²) >= 11 is 0. The summed E-state index contributed by atoms with van der Waals surface area (Å²) in [5, 5.41) is 1.99. The van der Waals surface area contributed by atoms with Crippen molar-refractivity contribution in [1.29, 1.82) is 0 Å². The highest BCUT2D eigenvalue weighted by Gasteiger charge is 2.35. The van der Waals surface area contributed by atoms with Gasteiger partial charge in [0.2, 0.25) is 0 Å². The molecule has 9 nitrogen and oxygen atoms in total. The Hall–Kier alpha value is -4.15. The third-order valence-corrected chi connectivity index (χ3v) is 4.87. The van der Waals surface area contributed by atoms with Crippen LogP contribution >= 0.6 is 0 Å². The molecule has 2 aromatic rings. The predicted molar refractivity (Wildman–Crippen MR) is 113 cm³/mol. The molecule has 0 aliphatic carbocycles. The van der Waals surface area contributed by atoms with Gasteiger partial charge < -0.3 is 9.47 Å². The van der Waals surface area contributed by atoms with Gasteiger partial charge in [-0.15, -0.1) is 0 Å². The quantitative estimate of drug-likeness (QED) is 0.438. The molecule has 3 rings (SSSR count). The summed E-state index contributed by atoms with van der Waals surface area (Å²) in [6, 6.07) is 8.52. The number of nitrogens with one attached hydrogen (secondary N) is 1. The van der Waals surface area contributed by atoms with Crippen LogP contribution in [0.2, 0.25) is 0 Å². The summed E-state index contributed by atoms with van der Waals surface area (Å²) in [5.41, 5.74) is 0.224. The third kappa shape index (κ3) is 5.61. The van der Waals surface area contributed by atoms with E-state index in [1.807, 2.05) is 12.2 Å². The Morgan fingerprint density at radius 3 is 2.26 bits per heavy atom. The van der Waals surface area contributed by atoms with Crippen LogP contribution in [-0.4, -0.2) is 54.3 Å². The molecule has 1 aliphatic heterocycles. The van der Waals surface area contributed by atoms with Crippen molar-refractivity contribution in [2.45, 2.75) is 26.4 Å². The van der Waals surface area contributed by atoms with Gasteiger partial charge >= 0.3 is 12.6 Å². The maximum absolute atomic E-state index is 12.5. The molecule has 0 saturated carbocycles. The van der Waals surface area contributed by atoms with E-state index in [4.69, 9.17) is 4.74 Å². The molecule has 11 heteroatoms. The molecule has 0 fully saturated rings. The number of hydrogen-bond acceptors (Lipinski definition) is 7. The Kier molecular flexibility index (Phi) is 7.67. The van der Waals surface area contributed by atoms with E-state index >= 15 is 0 Å². The van der Waals surface area contributed by atoms with Gasteiger partial charge in [0.1, 0.15) is 5.75 Å². The van der Waals surface area contributed by atoms with Gasteiger partial charge in [0.25, 0.3) is 23.6 Å². The normalized spacial score (nSPS) is 12.5. The molecule has 1 heterocycles. The standard InChI is InChI=1S/C23H20F2N2O7/c1-2-3-10-27-20(30)16-9-6-14(11-17(16)21(27)31)22(32)33-12-18(28)26-19(29)13-4-7-15(8-5-13)34-23(24)25/h4-9,11,23H,2-3,10,12H2,1H3,(H,26,28,29). The van der Waals surface area contributed by atoms with Gasteiger partial charge in [-0.05, 0) is 48.9 Å². The molecule has 178 valence electrons. The first kappa shape index (κ1) is 24.5. The number of amides is 4. The van der Waals surface area contributed by atoms with E-state index in [0.29, 0.717) is 6.42 Å². The molecule has 1 N–H and O–H groups in total. The number of halogens is 2. The van der Waals surface area contributed by atoms with Crippen molar-refractivity contribution in [3.63, 3.8) is 0 Å². The average Bonchev–Trinajstić information content (AvgIpc) is 3.05.